The third-order valence-corrected chi connectivity index (χ3v) is 6.73. The summed E-state index contributed by atoms with van der Waals surface area (Å²) in [6.07, 6.45) is 2.50. The molecule has 6 rings (SSSR count). The second-order valence-corrected chi connectivity index (χ2v) is 9.91. The number of carboxylic acids is 1. The van der Waals surface area contributed by atoms with E-state index in [1.807, 2.05) is 30.3 Å². The number of aromatic nitrogens is 2. The number of nitrogens with one attached hydrogen (secondary N) is 3. The number of fused-ring (bicyclic) bond motifs is 1. The van der Waals surface area contributed by atoms with Gasteiger partial charge in [-0.2, -0.15) is 0 Å². The smallest absolute Gasteiger partial charge is 0.307 e. The van der Waals surface area contributed by atoms with Crippen LogP contribution in [0.25, 0.3) is 10.9 Å². The first kappa shape index (κ1) is 27.6. The Bertz CT molecular complexity index is 1470. The second-order valence-electron chi connectivity index (χ2n) is 9.50. The van der Waals surface area contributed by atoms with Crippen LogP contribution in [0, 0.1) is 5.82 Å². The third-order valence-electron chi connectivity index (χ3n) is 6.44. The van der Waals surface area contributed by atoms with Crippen LogP contribution < -0.4 is 20.7 Å². The van der Waals surface area contributed by atoms with Gasteiger partial charge in [-0.05, 0) is 29.8 Å². The average molecular weight is 566 g/mol. The Labute approximate surface area is 235 Å². The molecule has 208 valence electrons. The minimum Gasteiger partial charge on any atom is -0.486 e. The van der Waals surface area contributed by atoms with Crippen LogP contribution in [-0.4, -0.2) is 59.5 Å². The molecular formula is C29H29ClFN5O4. The Morgan fingerprint density at radius 2 is 1.98 bits per heavy atom. The van der Waals surface area contributed by atoms with E-state index in [4.69, 9.17) is 26.2 Å². The first-order chi connectivity index (χ1) is 19.4. The van der Waals surface area contributed by atoms with Crippen LogP contribution >= 0.6 is 11.6 Å². The number of rotatable bonds is 8. The minimum atomic E-state index is -0.786. The molecule has 0 spiro atoms. The van der Waals surface area contributed by atoms with Gasteiger partial charge >= 0.3 is 5.97 Å². The molecule has 3 aromatic carbocycles. The van der Waals surface area contributed by atoms with Crippen LogP contribution in [0.1, 0.15) is 12.0 Å². The van der Waals surface area contributed by atoms with Crippen molar-refractivity contribution in [1.82, 2.24) is 15.3 Å². The van der Waals surface area contributed by atoms with E-state index < -0.39 is 11.8 Å². The normalized spacial score (nSPS) is 16.5. The predicted molar refractivity (Wildman–Crippen MR) is 152 cm³/mol. The molecule has 1 atom stereocenters. The highest BCUT2D eigenvalue weighted by atomic mass is 35.5. The highest BCUT2D eigenvalue weighted by Gasteiger charge is 2.23. The van der Waals surface area contributed by atoms with Crippen molar-refractivity contribution >= 4 is 45.7 Å². The summed E-state index contributed by atoms with van der Waals surface area (Å²) in [5.41, 5.74) is 3.11. The van der Waals surface area contributed by atoms with Gasteiger partial charge in [0.2, 0.25) is 0 Å². The predicted octanol–water partition coefficient (Wildman–Crippen LogP) is 5.03. The van der Waals surface area contributed by atoms with Crippen molar-refractivity contribution < 1.29 is 23.8 Å². The van der Waals surface area contributed by atoms with Crippen LogP contribution in [0.5, 0.6) is 5.75 Å². The molecule has 0 unspecified atom stereocenters. The summed E-state index contributed by atoms with van der Waals surface area (Å²) in [6, 6.07) is 17.8. The van der Waals surface area contributed by atoms with Crippen molar-refractivity contribution in [2.24, 2.45) is 0 Å². The van der Waals surface area contributed by atoms with E-state index in [0.717, 1.165) is 47.4 Å². The van der Waals surface area contributed by atoms with Crippen LogP contribution in [0.4, 0.5) is 21.6 Å². The summed E-state index contributed by atoms with van der Waals surface area (Å²) in [5, 5.41) is 19.3. The molecule has 4 aromatic rings. The molecule has 3 heterocycles. The maximum Gasteiger partial charge on any atom is 0.307 e. The lowest BCUT2D eigenvalue weighted by molar-refractivity contribution is -0.136. The van der Waals surface area contributed by atoms with Crippen molar-refractivity contribution in [2.45, 2.75) is 25.0 Å². The molecule has 2 fully saturated rings. The van der Waals surface area contributed by atoms with E-state index in [-0.39, 0.29) is 17.5 Å². The standard InChI is InChI=1S/C21H21ClFN5O2.C8H8O2/c22-16-5-12(1-2-17(16)23)28-21-15-6-19(27-13-8-24-9-13)20(7-18(15)25-11-26-21)30-14-3-4-29-10-14;9-8(10)6-7-4-2-1-3-5-7/h1-2,5-7,11,13-14,24,27H,3-4,8-10H2,(H,25,26,28);1-5H,6H2,(H,9,10)/t14-;/m0./s1. The molecule has 0 radical (unpaired) electrons. The number of carbonyl (C=O) groups is 1. The lowest BCUT2D eigenvalue weighted by Crippen LogP contribution is -2.51. The third kappa shape index (κ3) is 7.15. The first-order valence-corrected chi connectivity index (χ1v) is 13.3. The quantitative estimate of drug-likeness (QED) is 0.233. The van der Waals surface area contributed by atoms with Crippen LogP contribution in [0.2, 0.25) is 5.02 Å². The van der Waals surface area contributed by atoms with Crippen molar-refractivity contribution in [3.63, 3.8) is 0 Å². The molecule has 40 heavy (non-hydrogen) atoms. The molecular weight excluding hydrogens is 537 g/mol. The SMILES string of the molecule is Fc1ccc(Nc2ncnc3cc(O[C@H]4CCOC4)c(NC4CNC4)cc23)cc1Cl.O=C(O)Cc1ccccc1. The van der Waals surface area contributed by atoms with Gasteiger partial charge in [0.05, 0.1) is 41.9 Å². The summed E-state index contributed by atoms with van der Waals surface area (Å²) in [7, 11) is 0. The Kier molecular flexibility index (Phi) is 8.90. The van der Waals surface area contributed by atoms with Gasteiger partial charge in [-0.1, -0.05) is 41.9 Å². The first-order valence-electron chi connectivity index (χ1n) is 12.9. The van der Waals surface area contributed by atoms with Crippen molar-refractivity contribution in [3.05, 3.63) is 83.4 Å². The van der Waals surface area contributed by atoms with Gasteiger partial charge in [0.1, 0.15) is 29.8 Å². The minimum absolute atomic E-state index is 0.0308. The lowest BCUT2D eigenvalue weighted by atomic mass is 10.1. The summed E-state index contributed by atoms with van der Waals surface area (Å²) in [5.74, 6) is 0.104. The molecule has 2 aliphatic rings. The second kappa shape index (κ2) is 12.9. The highest BCUT2D eigenvalue weighted by Crippen LogP contribution is 2.35. The fraction of sp³-hybridized carbons (Fsp3) is 0.276. The molecule has 4 N–H and O–H groups in total. The van der Waals surface area contributed by atoms with Crippen molar-refractivity contribution in [3.8, 4) is 5.75 Å². The van der Waals surface area contributed by atoms with Crippen LogP contribution in [0.15, 0.2) is 67.0 Å². The van der Waals surface area contributed by atoms with E-state index in [0.29, 0.717) is 30.8 Å². The Morgan fingerprint density at radius 1 is 1.15 bits per heavy atom. The van der Waals surface area contributed by atoms with E-state index in [2.05, 4.69) is 25.9 Å². The number of anilines is 3. The maximum atomic E-state index is 13.5. The van der Waals surface area contributed by atoms with Crippen LogP contribution in [-0.2, 0) is 16.0 Å². The van der Waals surface area contributed by atoms with Gasteiger partial charge < -0.3 is 30.5 Å². The van der Waals surface area contributed by atoms with E-state index in [1.54, 1.807) is 18.2 Å². The van der Waals surface area contributed by atoms with Crippen LogP contribution in [0.3, 0.4) is 0 Å². The fourth-order valence-corrected chi connectivity index (χ4v) is 4.45. The van der Waals surface area contributed by atoms with Crippen molar-refractivity contribution in [1.29, 1.82) is 0 Å². The average Bonchev–Trinajstić information content (AvgIpc) is 3.42. The van der Waals surface area contributed by atoms with Crippen molar-refractivity contribution in [2.75, 3.05) is 36.9 Å². The van der Waals surface area contributed by atoms with Gasteiger partial charge in [0.25, 0.3) is 0 Å². The molecule has 1 aromatic heterocycles. The molecule has 2 aliphatic heterocycles. The highest BCUT2D eigenvalue weighted by molar-refractivity contribution is 6.31. The number of benzene rings is 3. The molecule has 11 heteroatoms. The lowest BCUT2D eigenvalue weighted by Gasteiger charge is -2.30. The molecule has 0 amide bonds. The van der Waals surface area contributed by atoms with Gasteiger partial charge in [0, 0.05) is 36.7 Å². The number of hydrogen-bond donors (Lipinski definition) is 4. The number of aliphatic carboxylic acids is 1. The molecule has 0 aliphatic carbocycles. The maximum absolute atomic E-state index is 13.5. The molecule has 0 saturated carbocycles. The summed E-state index contributed by atoms with van der Waals surface area (Å²) < 4.78 is 25.2. The topological polar surface area (TPSA) is 118 Å². The number of hydrogen-bond acceptors (Lipinski definition) is 8. The summed E-state index contributed by atoms with van der Waals surface area (Å²) in [6.45, 7) is 3.09. The van der Waals surface area contributed by atoms with E-state index in [9.17, 15) is 9.18 Å². The van der Waals surface area contributed by atoms with Gasteiger partial charge in [-0.3, -0.25) is 4.79 Å². The summed E-state index contributed by atoms with van der Waals surface area (Å²) in [4.78, 5) is 19.0. The number of carboxylic acid groups (broad SMARTS) is 1. The van der Waals surface area contributed by atoms with Gasteiger partial charge in [-0.25, -0.2) is 14.4 Å². The zero-order chi connectivity index (χ0) is 27.9. The Morgan fingerprint density at radius 3 is 2.65 bits per heavy atom. The zero-order valence-corrected chi connectivity index (χ0v) is 22.3. The molecule has 2 saturated heterocycles. The summed E-state index contributed by atoms with van der Waals surface area (Å²) >= 11 is 5.91. The van der Waals surface area contributed by atoms with Gasteiger partial charge in [-0.15, -0.1) is 0 Å². The van der Waals surface area contributed by atoms with E-state index in [1.165, 1.54) is 18.5 Å². The zero-order valence-electron chi connectivity index (χ0n) is 21.6. The monoisotopic (exact) mass is 565 g/mol. The number of nitrogens with zero attached hydrogens (tertiary/aromatic N) is 2. The van der Waals surface area contributed by atoms with Gasteiger partial charge in [0.15, 0.2) is 0 Å². The van der Waals surface area contributed by atoms with E-state index >= 15 is 0 Å². The molecule has 9 nitrogen and oxygen atoms in total. The number of halogens is 2. The largest absolute Gasteiger partial charge is 0.486 e. The fourth-order valence-electron chi connectivity index (χ4n) is 4.27. The Hall–Kier alpha value is -3.99. The molecule has 0 bridgehead atoms. The Balaban J connectivity index is 0.000000274. The number of ether oxygens (including phenoxy) is 2.